The van der Waals surface area contributed by atoms with Crippen LogP contribution in [0.15, 0.2) is 63.9 Å². The van der Waals surface area contributed by atoms with E-state index >= 15 is 0 Å². The number of thioether (sulfide) groups is 1. The van der Waals surface area contributed by atoms with Gasteiger partial charge in [0.25, 0.3) is 5.56 Å². The summed E-state index contributed by atoms with van der Waals surface area (Å²) in [5.74, 6) is 0.494. The molecule has 2 aromatic heterocycles. The fourth-order valence-electron chi connectivity index (χ4n) is 3.81. The van der Waals surface area contributed by atoms with Gasteiger partial charge in [0.1, 0.15) is 0 Å². The van der Waals surface area contributed by atoms with E-state index in [-0.39, 0.29) is 11.5 Å². The van der Waals surface area contributed by atoms with Gasteiger partial charge in [-0.2, -0.15) is 0 Å². The predicted octanol–water partition coefficient (Wildman–Crippen LogP) is 6.19. The minimum Gasteiger partial charge on any atom is -0.287 e. The molecule has 0 saturated heterocycles. The number of thiazole rings is 1. The van der Waals surface area contributed by atoms with Crippen molar-refractivity contribution >= 4 is 50.7 Å². The van der Waals surface area contributed by atoms with Crippen LogP contribution in [0.3, 0.4) is 0 Å². The number of fused-ring (bicyclic) bond motifs is 1. The highest BCUT2D eigenvalue weighted by Crippen LogP contribution is 2.33. The Hall–Kier alpha value is -2.97. The molecule has 6 nitrogen and oxygen atoms in total. The molecule has 0 N–H and O–H groups in total. The molecule has 0 unspecified atom stereocenters. The second-order valence-electron chi connectivity index (χ2n) is 7.97. The van der Waals surface area contributed by atoms with Gasteiger partial charge in [-0.15, -0.1) is 11.3 Å². The van der Waals surface area contributed by atoms with Gasteiger partial charge in [0.15, 0.2) is 10.3 Å². The lowest BCUT2D eigenvalue weighted by atomic mass is 10.1. The number of aromatic nitrogens is 3. The maximum atomic E-state index is 13.1. The number of aryl methyl sites for hydroxylation is 1. The van der Waals surface area contributed by atoms with Crippen molar-refractivity contribution in [3.8, 4) is 0 Å². The standard InChI is InChI=1S/C26H28N4O2S2/c1-4-6-15-29-24(32)21-12-8-9-13-22(21)28-25(29)33-16-20-17-34-26(27-20)30(18(3)31)23-14-10-7-11-19(23)5-2/h7-14,17H,4-6,15-16H2,1-3H3. The molecule has 0 spiro atoms. The Morgan fingerprint density at radius 2 is 1.85 bits per heavy atom. The smallest absolute Gasteiger partial charge is 0.262 e. The normalized spacial score (nSPS) is 11.1. The van der Waals surface area contributed by atoms with Crippen molar-refractivity contribution in [3.05, 3.63) is 75.5 Å². The first-order valence-electron chi connectivity index (χ1n) is 11.5. The lowest BCUT2D eigenvalue weighted by molar-refractivity contribution is -0.115. The van der Waals surface area contributed by atoms with Gasteiger partial charge >= 0.3 is 0 Å². The molecule has 0 saturated carbocycles. The number of carbonyl (C=O) groups excluding carboxylic acids is 1. The average molecular weight is 493 g/mol. The zero-order valence-corrected chi connectivity index (χ0v) is 21.3. The Bertz CT molecular complexity index is 1360. The van der Waals surface area contributed by atoms with Crippen LogP contribution in [-0.4, -0.2) is 20.4 Å². The number of rotatable bonds is 9. The number of para-hydroxylation sites is 2. The van der Waals surface area contributed by atoms with Crippen LogP contribution in [0.4, 0.5) is 10.8 Å². The number of hydrogen-bond donors (Lipinski definition) is 0. The minimum absolute atomic E-state index is 0.000515. The summed E-state index contributed by atoms with van der Waals surface area (Å²) in [6.07, 6.45) is 2.74. The minimum atomic E-state index is -0.0703. The van der Waals surface area contributed by atoms with E-state index in [0.29, 0.717) is 33.5 Å². The third-order valence-corrected chi connectivity index (χ3v) is 7.45. The monoisotopic (exact) mass is 492 g/mol. The molecule has 0 bridgehead atoms. The van der Waals surface area contributed by atoms with Crippen molar-refractivity contribution in [1.29, 1.82) is 0 Å². The maximum Gasteiger partial charge on any atom is 0.262 e. The Balaban J connectivity index is 1.61. The molecular weight excluding hydrogens is 464 g/mol. The molecule has 0 aliphatic carbocycles. The van der Waals surface area contributed by atoms with Gasteiger partial charge in [-0.25, -0.2) is 9.97 Å². The molecule has 0 aliphatic heterocycles. The lowest BCUT2D eigenvalue weighted by Crippen LogP contribution is -2.24. The van der Waals surface area contributed by atoms with Crippen molar-refractivity contribution in [2.24, 2.45) is 0 Å². The second kappa shape index (κ2) is 11.0. The van der Waals surface area contributed by atoms with Gasteiger partial charge in [0.05, 0.1) is 22.3 Å². The molecule has 1 amide bonds. The van der Waals surface area contributed by atoms with E-state index in [1.54, 1.807) is 16.4 Å². The number of benzene rings is 2. The molecule has 34 heavy (non-hydrogen) atoms. The highest BCUT2D eigenvalue weighted by Gasteiger charge is 2.20. The lowest BCUT2D eigenvalue weighted by Gasteiger charge is -2.21. The first kappa shape index (κ1) is 24.2. The number of carbonyl (C=O) groups is 1. The second-order valence-corrected chi connectivity index (χ2v) is 9.75. The van der Waals surface area contributed by atoms with Crippen LogP contribution in [0.1, 0.15) is 44.9 Å². The zero-order valence-electron chi connectivity index (χ0n) is 19.7. The van der Waals surface area contributed by atoms with Gasteiger partial charge in [0, 0.05) is 24.6 Å². The Labute approximate surface area is 207 Å². The van der Waals surface area contributed by atoms with Crippen LogP contribution >= 0.6 is 23.1 Å². The Morgan fingerprint density at radius 3 is 2.62 bits per heavy atom. The van der Waals surface area contributed by atoms with E-state index in [4.69, 9.17) is 9.97 Å². The topological polar surface area (TPSA) is 68.1 Å². The van der Waals surface area contributed by atoms with E-state index in [9.17, 15) is 9.59 Å². The summed E-state index contributed by atoms with van der Waals surface area (Å²) in [6.45, 7) is 6.40. The number of anilines is 2. The molecule has 2 aromatic carbocycles. The van der Waals surface area contributed by atoms with Crippen molar-refractivity contribution in [1.82, 2.24) is 14.5 Å². The van der Waals surface area contributed by atoms with Crippen LogP contribution in [0.5, 0.6) is 0 Å². The van der Waals surface area contributed by atoms with Gasteiger partial charge < -0.3 is 0 Å². The van der Waals surface area contributed by atoms with Gasteiger partial charge in [-0.05, 0) is 36.6 Å². The molecule has 4 rings (SSSR count). The van der Waals surface area contributed by atoms with Crippen LogP contribution in [0.2, 0.25) is 0 Å². The molecular formula is C26H28N4O2S2. The van der Waals surface area contributed by atoms with E-state index in [1.807, 2.05) is 53.9 Å². The number of hydrogen-bond acceptors (Lipinski definition) is 6. The molecule has 0 atom stereocenters. The summed E-state index contributed by atoms with van der Waals surface area (Å²) < 4.78 is 1.78. The van der Waals surface area contributed by atoms with Crippen molar-refractivity contribution in [3.63, 3.8) is 0 Å². The highest BCUT2D eigenvalue weighted by molar-refractivity contribution is 7.98. The largest absolute Gasteiger partial charge is 0.287 e. The third kappa shape index (κ3) is 5.08. The summed E-state index contributed by atoms with van der Waals surface area (Å²) >= 11 is 2.96. The maximum absolute atomic E-state index is 13.1. The molecule has 4 aromatic rings. The molecule has 0 aliphatic rings. The van der Waals surface area contributed by atoms with Gasteiger partial charge in [-0.1, -0.05) is 62.4 Å². The van der Waals surface area contributed by atoms with E-state index in [1.165, 1.54) is 23.1 Å². The summed E-state index contributed by atoms with van der Waals surface area (Å²) in [5, 5.41) is 3.97. The molecule has 8 heteroatoms. The van der Waals surface area contributed by atoms with Crippen molar-refractivity contribution in [2.45, 2.75) is 57.5 Å². The van der Waals surface area contributed by atoms with Crippen LogP contribution < -0.4 is 10.5 Å². The fourth-order valence-corrected chi connectivity index (χ4v) is 5.71. The number of nitrogens with zero attached hydrogens (tertiary/aromatic N) is 4. The van der Waals surface area contributed by atoms with Crippen molar-refractivity contribution in [2.75, 3.05) is 4.90 Å². The number of amides is 1. The zero-order chi connectivity index (χ0) is 24.1. The molecule has 176 valence electrons. The van der Waals surface area contributed by atoms with Crippen LogP contribution in [0, 0.1) is 0 Å². The fraction of sp³-hybridized carbons (Fsp3) is 0.308. The van der Waals surface area contributed by atoms with E-state index < -0.39 is 0 Å². The number of unbranched alkanes of at least 4 members (excludes halogenated alkanes) is 1. The van der Waals surface area contributed by atoms with E-state index in [2.05, 4.69) is 13.8 Å². The summed E-state index contributed by atoms with van der Waals surface area (Å²) in [4.78, 5) is 36.9. The summed E-state index contributed by atoms with van der Waals surface area (Å²) in [6, 6.07) is 15.4. The van der Waals surface area contributed by atoms with Crippen LogP contribution in [-0.2, 0) is 23.5 Å². The first-order valence-corrected chi connectivity index (χ1v) is 13.3. The first-order chi connectivity index (χ1) is 16.5. The third-order valence-electron chi connectivity index (χ3n) is 5.57. The SMILES string of the molecule is CCCCn1c(SCc2csc(N(C(C)=O)c3ccccc3CC)n2)nc2ccccc2c1=O. The summed E-state index contributed by atoms with van der Waals surface area (Å²) in [5.41, 5.74) is 3.54. The predicted molar refractivity (Wildman–Crippen MR) is 141 cm³/mol. The van der Waals surface area contributed by atoms with Gasteiger partial charge in [0.2, 0.25) is 5.91 Å². The molecule has 0 radical (unpaired) electrons. The Kier molecular flexibility index (Phi) is 7.80. The highest BCUT2D eigenvalue weighted by atomic mass is 32.2. The molecule has 0 fully saturated rings. The van der Waals surface area contributed by atoms with Crippen LogP contribution in [0.25, 0.3) is 10.9 Å². The quantitative estimate of drug-likeness (QED) is 0.206. The molecule has 2 heterocycles. The average Bonchev–Trinajstić information content (AvgIpc) is 3.31. The van der Waals surface area contributed by atoms with Gasteiger partial charge in [-0.3, -0.25) is 19.1 Å². The van der Waals surface area contributed by atoms with Crippen molar-refractivity contribution < 1.29 is 4.79 Å². The van der Waals surface area contributed by atoms with E-state index in [0.717, 1.165) is 36.2 Å². The summed E-state index contributed by atoms with van der Waals surface area (Å²) in [7, 11) is 0. The Morgan fingerprint density at radius 1 is 1.09 bits per heavy atom.